The molecular weight excluding hydrogens is 468 g/mol. The number of methoxy groups -OCH3 is 1. The third-order valence-electron chi connectivity index (χ3n) is 5.98. The number of benzene rings is 2. The van der Waals surface area contributed by atoms with Gasteiger partial charge in [0.25, 0.3) is 10.0 Å². The van der Waals surface area contributed by atoms with Crippen molar-refractivity contribution >= 4 is 44.0 Å². The highest BCUT2D eigenvalue weighted by atomic mass is 35.5. The molecule has 0 aliphatic carbocycles. The summed E-state index contributed by atoms with van der Waals surface area (Å²) < 4.78 is 36.8. The van der Waals surface area contributed by atoms with Crippen molar-refractivity contribution in [2.24, 2.45) is 14.1 Å². The Labute approximate surface area is 196 Å². The standard InChI is InChI=1S/C22H25ClN4O5S/c1-25-18-12-16(24-33(30,31)14-7-8-20(32-3)15(23)11-14)17(27-9-5-4-6-10-27)13-19(18)26(2)22(29)21(25)28/h7-8,11-13,24H,4-6,9-10H2,1-3H3. The van der Waals surface area contributed by atoms with Crippen LogP contribution in [-0.4, -0.2) is 37.8 Å². The number of hydrogen-bond acceptors (Lipinski definition) is 6. The van der Waals surface area contributed by atoms with Gasteiger partial charge in [0.1, 0.15) is 5.75 Å². The summed E-state index contributed by atoms with van der Waals surface area (Å²) >= 11 is 6.14. The van der Waals surface area contributed by atoms with Gasteiger partial charge in [-0.15, -0.1) is 0 Å². The fourth-order valence-corrected chi connectivity index (χ4v) is 5.52. The van der Waals surface area contributed by atoms with E-state index in [2.05, 4.69) is 9.62 Å². The molecule has 176 valence electrons. The Morgan fingerprint density at radius 3 is 2.12 bits per heavy atom. The highest BCUT2D eigenvalue weighted by molar-refractivity contribution is 7.92. The third kappa shape index (κ3) is 4.20. The lowest BCUT2D eigenvalue weighted by Gasteiger charge is -2.31. The fraction of sp³-hybridized carbons (Fsp3) is 0.364. The lowest BCUT2D eigenvalue weighted by molar-refractivity contribution is 0.414. The first-order valence-electron chi connectivity index (χ1n) is 10.5. The molecule has 1 aromatic heterocycles. The number of anilines is 2. The molecule has 1 N–H and O–H groups in total. The van der Waals surface area contributed by atoms with Crippen molar-refractivity contribution in [2.75, 3.05) is 29.8 Å². The summed E-state index contributed by atoms with van der Waals surface area (Å²) in [7, 11) is 0.476. The van der Waals surface area contributed by atoms with Crippen LogP contribution in [0.25, 0.3) is 11.0 Å². The summed E-state index contributed by atoms with van der Waals surface area (Å²) in [6.07, 6.45) is 3.05. The van der Waals surface area contributed by atoms with Gasteiger partial charge < -0.3 is 18.8 Å². The average Bonchev–Trinajstić information content (AvgIpc) is 2.81. The van der Waals surface area contributed by atoms with E-state index in [0.29, 0.717) is 28.2 Å². The molecule has 1 aliphatic rings. The van der Waals surface area contributed by atoms with Gasteiger partial charge >= 0.3 is 11.1 Å². The number of halogens is 1. The monoisotopic (exact) mass is 492 g/mol. The second-order valence-electron chi connectivity index (χ2n) is 8.04. The first-order valence-corrected chi connectivity index (χ1v) is 12.3. The molecule has 1 saturated heterocycles. The van der Waals surface area contributed by atoms with E-state index in [4.69, 9.17) is 16.3 Å². The van der Waals surface area contributed by atoms with Crippen LogP contribution in [0.2, 0.25) is 5.02 Å². The maximum atomic E-state index is 13.2. The van der Waals surface area contributed by atoms with Crippen molar-refractivity contribution < 1.29 is 13.2 Å². The molecule has 9 nitrogen and oxygen atoms in total. The fourth-order valence-electron chi connectivity index (χ4n) is 4.10. The smallest absolute Gasteiger partial charge is 0.316 e. The summed E-state index contributed by atoms with van der Waals surface area (Å²) in [5.74, 6) is 0.367. The molecule has 0 amide bonds. The molecular formula is C22H25ClN4O5S. The highest BCUT2D eigenvalue weighted by Gasteiger charge is 2.23. The Morgan fingerprint density at radius 2 is 1.55 bits per heavy atom. The van der Waals surface area contributed by atoms with E-state index in [9.17, 15) is 18.0 Å². The molecule has 4 rings (SSSR count). The molecule has 2 aromatic carbocycles. The van der Waals surface area contributed by atoms with Crippen LogP contribution in [0.4, 0.5) is 11.4 Å². The molecule has 1 fully saturated rings. The summed E-state index contributed by atoms with van der Waals surface area (Å²) in [5, 5.41) is 0.174. The molecule has 0 saturated carbocycles. The topological polar surface area (TPSA) is 103 Å². The second kappa shape index (κ2) is 8.75. The van der Waals surface area contributed by atoms with E-state index in [0.717, 1.165) is 32.4 Å². The average molecular weight is 493 g/mol. The van der Waals surface area contributed by atoms with Crippen LogP contribution in [-0.2, 0) is 24.1 Å². The zero-order chi connectivity index (χ0) is 23.9. The van der Waals surface area contributed by atoms with Gasteiger partial charge in [0.15, 0.2) is 0 Å². The summed E-state index contributed by atoms with van der Waals surface area (Å²) in [6.45, 7) is 1.52. The zero-order valence-corrected chi connectivity index (χ0v) is 20.2. The molecule has 0 bridgehead atoms. The molecule has 1 aliphatic heterocycles. The van der Waals surface area contributed by atoms with Crippen LogP contribution < -0.4 is 25.5 Å². The number of ether oxygens (including phenoxy) is 1. The molecule has 0 spiro atoms. The minimum atomic E-state index is -4.00. The van der Waals surface area contributed by atoms with Crippen LogP contribution in [0.1, 0.15) is 19.3 Å². The van der Waals surface area contributed by atoms with Crippen LogP contribution in [0.5, 0.6) is 5.75 Å². The van der Waals surface area contributed by atoms with Gasteiger partial charge in [0, 0.05) is 27.2 Å². The first kappa shape index (κ1) is 23.2. The Morgan fingerprint density at radius 1 is 0.939 bits per heavy atom. The van der Waals surface area contributed by atoms with Gasteiger partial charge in [-0.1, -0.05) is 11.6 Å². The van der Waals surface area contributed by atoms with Crippen molar-refractivity contribution in [2.45, 2.75) is 24.2 Å². The van der Waals surface area contributed by atoms with Crippen LogP contribution in [0, 0.1) is 0 Å². The first-order chi connectivity index (χ1) is 15.6. The molecule has 2 heterocycles. The van der Waals surface area contributed by atoms with Crippen LogP contribution >= 0.6 is 11.6 Å². The largest absolute Gasteiger partial charge is 0.495 e. The van der Waals surface area contributed by atoms with E-state index in [-0.39, 0.29) is 9.92 Å². The molecule has 11 heteroatoms. The SMILES string of the molecule is COc1ccc(S(=O)(=O)Nc2cc3c(cc2N2CCCCC2)n(C)c(=O)c(=O)n3C)cc1Cl. The van der Waals surface area contributed by atoms with Gasteiger partial charge in [-0.25, -0.2) is 8.42 Å². The number of nitrogens with zero attached hydrogens (tertiary/aromatic N) is 3. The summed E-state index contributed by atoms with van der Waals surface area (Å²) in [4.78, 5) is 26.8. The van der Waals surface area contributed by atoms with Crippen LogP contribution in [0.15, 0.2) is 44.8 Å². The molecule has 33 heavy (non-hydrogen) atoms. The van der Waals surface area contributed by atoms with Gasteiger partial charge in [0.2, 0.25) is 0 Å². The number of hydrogen-bond donors (Lipinski definition) is 1. The zero-order valence-electron chi connectivity index (χ0n) is 18.6. The highest BCUT2D eigenvalue weighted by Crippen LogP contribution is 2.35. The van der Waals surface area contributed by atoms with Gasteiger partial charge in [0.05, 0.1) is 39.4 Å². The van der Waals surface area contributed by atoms with Crippen molar-refractivity contribution in [1.82, 2.24) is 9.13 Å². The molecule has 0 atom stereocenters. The van der Waals surface area contributed by atoms with Crippen molar-refractivity contribution in [1.29, 1.82) is 0 Å². The number of sulfonamides is 1. The summed E-state index contributed by atoms with van der Waals surface area (Å²) in [5.41, 5.74) is 0.623. The van der Waals surface area contributed by atoms with Gasteiger partial charge in [-0.2, -0.15) is 0 Å². The van der Waals surface area contributed by atoms with E-state index >= 15 is 0 Å². The van der Waals surface area contributed by atoms with Gasteiger partial charge in [-0.05, 0) is 49.6 Å². The van der Waals surface area contributed by atoms with E-state index in [1.54, 1.807) is 12.1 Å². The molecule has 0 unspecified atom stereocenters. The maximum absolute atomic E-state index is 13.2. The minimum absolute atomic E-state index is 0.0210. The maximum Gasteiger partial charge on any atom is 0.316 e. The third-order valence-corrected chi connectivity index (χ3v) is 7.64. The number of rotatable bonds is 5. The number of piperidine rings is 1. The van der Waals surface area contributed by atoms with Crippen molar-refractivity contribution in [3.8, 4) is 5.75 Å². The number of fused-ring (bicyclic) bond motifs is 1. The predicted octanol–water partition coefficient (Wildman–Crippen LogP) is 2.69. The van der Waals surface area contributed by atoms with E-state index < -0.39 is 21.1 Å². The quantitative estimate of drug-likeness (QED) is 0.549. The Hall–Kier alpha value is -2.98. The summed E-state index contributed by atoms with van der Waals surface area (Å²) in [6, 6.07) is 7.59. The molecule has 3 aromatic rings. The number of aryl methyl sites for hydroxylation is 2. The van der Waals surface area contributed by atoms with Crippen molar-refractivity contribution in [3.63, 3.8) is 0 Å². The van der Waals surface area contributed by atoms with Gasteiger partial charge in [-0.3, -0.25) is 14.3 Å². The Bertz CT molecular complexity index is 1460. The van der Waals surface area contributed by atoms with Crippen molar-refractivity contribution in [3.05, 3.63) is 56.1 Å². The van der Waals surface area contributed by atoms with E-state index in [1.165, 1.54) is 48.5 Å². The molecule has 0 radical (unpaired) electrons. The number of nitrogens with one attached hydrogen (secondary N) is 1. The Balaban J connectivity index is 1.90. The normalized spacial score (nSPS) is 14.5. The minimum Gasteiger partial charge on any atom is -0.495 e. The van der Waals surface area contributed by atoms with Crippen LogP contribution in [0.3, 0.4) is 0 Å². The van der Waals surface area contributed by atoms with E-state index in [1.807, 2.05) is 0 Å². The Kier molecular flexibility index (Phi) is 6.15. The lowest BCUT2D eigenvalue weighted by Crippen LogP contribution is -2.39. The lowest BCUT2D eigenvalue weighted by atomic mass is 10.1. The second-order valence-corrected chi connectivity index (χ2v) is 10.1. The number of aromatic nitrogens is 2. The predicted molar refractivity (Wildman–Crippen MR) is 129 cm³/mol.